The highest BCUT2D eigenvalue weighted by atomic mass is 16.5. The van der Waals surface area contributed by atoms with E-state index in [9.17, 15) is 4.79 Å². The summed E-state index contributed by atoms with van der Waals surface area (Å²) < 4.78 is 5.34. The zero-order valence-electron chi connectivity index (χ0n) is 8.07. The highest BCUT2D eigenvalue weighted by Gasteiger charge is 2.03. The van der Waals surface area contributed by atoms with Crippen LogP contribution in [-0.4, -0.2) is 17.4 Å². The lowest BCUT2D eigenvalue weighted by Crippen LogP contribution is -2.07. The van der Waals surface area contributed by atoms with E-state index in [4.69, 9.17) is 4.74 Å². The first-order chi connectivity index (χ1) is 6.13. The third-order valence-corrected chi connectivity index (χ3v) is 1.58. The third-order valence-electron chi connectivity index (χ3n) is 1.58. The van der Waals surface area contributed by atoms with Gasteiger partial charge in [0.2, 0.25) is 5.88 Å². The van der Waals surface area contributed by atoms with Crippen LogP contribution in [0.4, 0.5) is 0 Å². The number of hydrogen-bond donors (Lipinski definition) is 0. The van der Waals surface area contributed by atoms with Crippen LogP contribution in [0.25, 0.3) is 0 Å². The Morgan fingerprint density at radius 3 is 2.69 bits per heavy atom. The SMILES string of the molecule is Cc1ccc(OC(C)C)nc1C=O. The van der Waals surface area contributed by atoms with Crippen molar-refractivity contribution in [1.29, 1.82) is 0 Å². The molecule has 0 unspecified atom stereocenters. The van der Waals surface area contributed by atoms with E-state index in [1.54, 1.807) is 6.07 Å². The Morgan fingerprint density at radius 2 is 2.15 bits per heavy atom. The zero-order chi connectivity index (χ0) is 9.84. The fourth-order valence-corrected chi connectivity index (χ4v) is 0.952. The number of nitrogens with zero attached hydrogens (tertiary/aromatic N) is 1. The lowest BCUT2D eigenvalue weighted by Gasteiger charge is -2.09. The number of aromatic nitrogens is 1. The predicted octanol–water partition coefficient (Wildman–Crippen LogP) is 1.99. The maximum Gasteiger partial charge on any atom is 0.214 e. The second-order valence-electron chi connectivity index (χ2n) is 3.14. The molecule has 0 N–H and O–H groups in total. The minimum Gasteiger partial charge on any atom is -0.475 e. The summed E-state index contributed by atoms with van der Waals surface area (Å²) >= 11 is 0. The van der Waals surface area contributed by atoms with Crippen molar-refractivity contribution in [3.8, 4) is 5.88 Å². The third kappa shape index (κ3) is 2.54. The van der Waals surface area contributed by atoms with E-state index in [0.29, 0.717) is 11.6 Å². The van der Waals surface area contributed by atoms with Crippen LogP contribution >= 0.6 is 0 Å². The van der Waals surface area contributed by atoms with Crippen LogP contribution in [0.2, 0.25) is 0 Å². The molecule has 1 heterocycles. The maximum atomic E-state index is 10.5. The van der Waals surface area contributed by atoms with E-state index < -0.39 is 0 Å². The van der Waals surface area contributed by atoms with Crippen molar-refractivity contribution in [3.63, 3.8) is 0 Å². The van der Waals surface area contributed by atoms with E-state index in [-0.39, 0.29) is 6.10 Å². The van der Waals surface area contributed by atoms with Crippen LogP contribution in [-0.2, 0) is 0 Å². The monoisotopic (exact) mass is 179 g/mol. The van der Waals surface area contributed by atoms with Gasteiger partial charge in [-0.05, 0) is 26.3 Å². The van der Waals surface area contributed by atoms with Crippen LogP contribution in [0.15, 0.2) is 12.1 Å². The molecule has 0 radical (unpaired) electrons. The fourth-order valence-electron chi connectivity index (χ4n) is 0.952. The van der Waals surface area contributed by atoms with Crippen LogP contribution in [0.1, 0.15) is 29.9 Å². The molecule has 0 aliphatic rings. The molecule has 13 heavy (non-hydrogen) atoms. The van der Waals surface area contributed by atoms with Gasteiger partial charge in [-0.1, -0.05) is 6.07 Å². The number of aryl methyl sites for hydroxylation is 1. The second kappa shape index (κ2) is 4.03. The largest absolute Gasteiger partial charge is 0.475 e. The number of hydrogen-bond acceptors (Lipinski definition) is 3. The van der Waals surface area contributed by atoms with Crippen LogP contribution in [0, 0.1) is 6.92 Å². The first kappa shape index (κ1) is 9.71. The molecule has 0 amide bonds. The topological polar surface area (TPSA) is 39.2 Å². The molecular formula is C10H13NO2. The smallest absolute Gasteiger partial charge is 0.214 e. The number of aldehydes is 1. The van der Waals surface area contributed by atoms with Gasteiger partial charge in [-0.3, -0.25) is 4.79 Å². The van der Waals surface area contributed by atoms with Gasteiger partial charge in [0.1, 0.15) is 5.69 Å². The molecule has 70 valence electrons. The summed E-state index contributed by atoms with van der Waals surface area (Å²) in [6.07, 6.45) is 0.817. The molecule has 0 aliphatic carbocycles. The van der Waals surface area contributed by atoms with Gasteiger partial charge in [-0.25, -0.2) is 4.98 Å². The van der Waals surface area contributed by atoms with Crippen molar-refractivity contribution in [1.82, 2.24) is 4.98 Å². The molecule has 0 fully saturated rings. The molecule has 3 heteroatoms. The fraction of sp³-hybridized carbons (Fsp3) is 0.400. The van der Waals surface area contributed by atoms with Gasteiger partial charge in [0.05, 0.1) is 6.10 Å². The summed E-state index contributed by atoms with van der Waals surface area (Å²) in [4.78, 5) is 14.6. The van der Waals surface area contributed by atoms with Crippen molar-refractivity contribution >= 4 is 6.29 Å². The standard InChI is InChI=1S/C10H13NO2/c1-7(2)13-10-5-4-8(3)9(6-12)11-10/h4-7H,1-3H3. The molecule has 1 rings (SSSR count). The minimum absolute atomic E-state index is 0.0784. The summed E-state index contributed by atoms with van der Waals surface area (Å²) in [5.74, 6) is 0.503. The Kier molecular flexibility index (Phi) is 3.01. The Labute approximate surface area is 77.8 Å². The van der Waals surface area contributed by atoms with Gasteiger partial charge in [-0.15, -0.1) is 0 Å². The number of carbonyl (C=O) groups excluding carboxylic acids is 1. The second-order valence-corrected chi connectivity index (χ2v) is 3.14. The van der Waals surface area contributed by atoms with Gasteiger partial charge in [0.15, 0.2) is 6.29 Å². The van der Waals surface area contributed by atoms with Gasteiger partial charge < -0.3 is 4.74 Å². The normalized spacial score (nSPS) is 10.2. The van der Waals surface area contributed by atoms with Crippen LogP contribution < -0.4 is 4.74 Å². The van der Waals surface area contributed by atoms with E-state index >= 15 is 0 Å². The molecule has 0 bridgehead atoms. The van der Waals surface area contributed by atoms with E-state index in [2.05, 4.69) is 4.98 Å². The molecule has 0 spiro atoms. The molecule has 0 saturated heterocycles. The first-order valence-corrected chi connectivity index (χ1v) is 4.23. The molecule has 3 nitrogen and oxygen atoms in total. The lowest BCUT2D eigenvalue weighted by atomic mass is 10.2. The summed E-state index contributed by atoms with van der Waals surface area (Å²) in [6, 6.07) is 3.59. The van der Waals surface area contributed by atoms with Crippen molar-refractivity contribution in [3.05, 3.63) is 23.4 Å². The highest BCUT2D eigenvalue weighted by molar-refractivity contribution is 5.74. The van der Waals surface area contributed by atoms with E-state index in [1.165, 1.54) is 0 Å². The predicted molar refractivity (Wildman–Crippen MR) is 50.1 cm³/mol. The Balaban J connectivity index is 2.92. The molecule has 1 aromatic rings. The van der Waals surface area contributed by atoms with E-state index in [0.717, 1.165) is 11.8 Å². The maximum absolute atomic E-state index is 10.5. The number of rotatable bonds is 3. The molecule has 0 atom stereocenters. The average Bonchev–Trinajstić information content (AvgIpc) is 2.07. The van der Waals surface area contributed by atoms with Crippen LogP contribution in [0.5, 0.6) is 5.88 Å². The summed E-state index contributed by atoms with van der Waals surface area (Å²) in [7, 11) is 0. The Morgan fingerprint density at radius 1 is 1.46 bits per heavy atom. The zero-order valence-corrected chi connectivity index (χ0v) is 8.07. The van der Waals surface area contributed by atoms with Gasteiger partial charge in [-0.2, -0.15) is 0 Å². The molecule has 1 aromatic heterocycles. The number of ether oxygens (including phenoxy) is 1. The number of pyridine rings is 1. The van der Waals surface area contributed by atoms with Gasteiger partial charge in [0.25, 0.3) is 0 Å². The minimum atomic E-state index is 0.0784. The van der Waals surface area contributed by atoms with E-state index in [1.807, 2.05) is 26.8 Å². The molecule has 0 aliphatic heterocycles. The summed E-state index contributed by atoms with van der Waals surface area (Å²) in [6.45, 7) is 5.68. The highest BCUT2D eigenvalue weighted by Crippen LogP contribution is 2.11. The molecular weight excluding hydrogens is 166 g/mol. The Bertz CT molecular complexity index is 308. The van der Waals surface area contributed by atoms with Gasteiger partial charge in [0, 0.05) is 6.07 Å². The summed E-state index contributed by atoms with van der Waals surface area (Å²) in [5, 5.41) is 0. The Hall–Kier alpha value is -1.38. The molecule has 0 saturated carbocycles. The quantitative estimate of drug-likeness (QED) is 0.666. The lowest BCUT2D eigenvalue weighted by molar-refractivity contribution is 0.111. The number of carbonyl (C=O) groups is 1. The van der Waals surface area contributed by atoms with Crippen molar-refractivity contribution in [2.24, 2.45) is 0 Å². The average molecular weight is 179 g/mol. The van der Waals surface area contributed by atoms with Gasteiger partial charge >= 0.3 is 0 Å². The van der Waals surface area contributed by atoms with Crippen molar-refractivity contribution < 1.29 is 9.53 Å². The van der Waals surface area contributed by atoms with Crippen molar-refractivity contribution in [2.45, 2.75) is 26.9 Å². The van der Waals surface area contributed by atoms with Crippen LogP contribution in [0.3, 0.4) is 0 Å². The first-order valence-electron chi connectivity index (χ1n) is 4.23. The summed E-state index contributed by atoms with van der Waals surface area (Å²) in [5.41, 5.74) is 1.31. The van der Waals surface area contributed by atoms with Crippen molar-refractivity contribution in [2.75, 3.05) is 0 Å². The molecule has 0 aromatic carbocycles.